The van der Waals surface area contributed by atoms with Gasteiger partial charge in [-0.1, -0.05) is 42.8 Å². The number of epoxide rings is 1. The third-order valence-corrected chi connectivity index (χ3v) is 11.2. The second-order valence-corrected chi connectivity index (χ2v) is 29.3. The van der Waals surface area contributed by atoms with Crippen molar-refractivity contribution in [1.82, 2.24) is 9.97 Å². The quantitative estimate of drug-likeness (QED) is 0.162. The van der Waals surface area contributed by atoms with E-state index in [0.29, 0.717) is 12.5 Å². The van der Waals surface area contributed by atoms with Crippen LogP contribution in [-0.4, -0.2) is 78.2 Å². The fraction of sp³-hybridized carbons (Fsp3) is 0.676. The van der Waals surface area contributed by atoms with Gasteiger partial charge in [0.25, 0.3) is 0 Å². The molecule has 2 aliphatic rings. The molecule has 2 saturated heterocycles. The van der Waals surface area contributed by atoms with Crippen molar-refractivity contribution in [1.29, 1.82) is 0 Å². The van der Waals surface area contributed by atoms with Crippen LogP contribution in [0, 0.1) is 11.8 Å². The largest absolute Gasteiger partial charge is 0.415 e. The van der Waals surface area contributed by atoms with E-state index in [2.05, 4.69) is 108 Å². The monoisotopic (exact) mass is 658 g/mol. The first-order valence-electron chi connectivity index (χ1n) is 16.5. The zero-order chi connectivity index (χ0) is 32.4. The highest BCUT2D eigenvalue weighted by Gasteiger charge is 2.51. The van der Waals surface area contributed by atoms with E-state index in [1.807, 2.05) is 24.4 Å². The Morgan fingerprint density at radius 3 is 2.18 bits per heavy atom. The van der Waals surface area contributed by atoms with E-state index in [1.165, 1.54) is 5.57 Å². The molecule has 3 heterocycles. The molecule has 0 aliphatic carbocycles. The van der Waals surface area contributed by atoms with E-state index >= 15 is 0 Å². The number of aromatic nitrogens is 2. The molecule has 0 amide bonds. The van der Waals surface area contributed by atoms with Crippen molar-refractivity contribution in [2.75, 3.05) is 6.61 Å². The van der Waals surface area contributed by atoms with Gasteiger partial charge in [0.15, 0.2) is 25.0 Å². The van der Waals surface area contributed by atoms with Crippen LogP contribution >= 0.6 is 0 Å². The Bertz CT molecular complexity index is 1230. The zero-order valence-electron chi connectivity index (χ0n) is 29.3. The first-order valence-corrected chi connectivity index (χ1v) is 26.7. The van der Waals surface area contributed by atoms with Gasteiger partial charge in [-0.25, -0.2) is 4.98 Å². The molecule has 246 valence electrons. The van der Waals surface area contributed by atoms with Gasteiger partial charge in [0, 0.05) is 17.9 Å². The summed E-state index contributed by atoms with van der Waals surface area (Å²) in [6.45, 7) is 27.7. The third-order valence-electron chi connectivity index (χ3n) is 8.20. The molecule has 8 atom stereocenters. The highest BCUT2D eigenvalue weighted by molar-refractivity contribution is 6.70. The predicted molar refractivity (Wildman–Crippen MR) is 188 cm³/mol. The molecule has 1 aromatic carbocycles. The van der Waals surface area contributed by atoms with Crippen LogP contribution in [0.4, 0.5) is 0 Å². The molecule has 0 spiro atoms. The number of hydrogen-bond donors (Lipinski definition) is 1. The third kappa shape index (κ3) is 10.6. The van der Waals surface area contributed by atoms with Gasteiger partial charge in [0.05, 0.1) is 49.0 Å². The van der Waals surface area contributed by atoms with E-state index in [-0.39, 0.29) is 42.5 Å². The lowest BCUT2D eigenvalue weighted by atomic mass is 9.85. The van der Waals surface area contributed by atoms with Crippen molar-refractivity contribution in [2.45, 2.75) is 129 Å². The number of hydrogen-bond acceptors (Lipinski definition) is 6. The smallest absolute Gasteiger partial charge is 0.184 e. The Morgan fingerprint density at radius 2 is 1.57 bits per heavy atom. The summed E-state index contributed by atoms with van der Waals surface area (Å²) in [4.78, 5) is 8.10. The van der Waals surface area contributed by atoms with E-state index in [9.17, 15) is 0 Å². The highest BCUT2D eigenvalue weighted by Crippen LogP contribution is 2.41. The maximum absolute atomic E-state index is 7.01. The number of imidazole rings is 1. The predicted octanol–water partition coefficient (Wildman–Crippen LogP) is 8.36. The molecule has 7 nitrogen and oxygen atoms in total. The molecule has 4 rings (SSSR count). The molecular weight excluding hydrogens is 601 g/mol. The maximum atomic E-state index is 7.01. The molecule has 2 fully saturated rings. The Morgan fingerprint density at radius 1 is 0.932 bits per heavy atom. The number of benzene rings is 1. The van der Waals surface area contributed by atoms with Crippen molar-refractivity contribution in [2.24, 2.45) is 11.8 Å². The minimum absolute atomic E-state index is 0.0240. The van der Waals surface area contributed by atoms with E-state index < -0.39 is 25.0 Å². The van der Waals surface area contributed by atoms with Crippen LogP contribution in [0.15, 0.2) is 42.1 Å². The second-order valence-electron chi connectivity index (χ2n) is 15.9. The molecule has 0 bridgehead atoms. The standard InChI is InChI=1S/C34H58N2O5Si3/c1-23(19-31-35-21-28(36-31)26-16-14-13-15-17-26)18-29-34(41-44(10,11)12)33(40-43(7,8)9)27(22-37-29)20-30-32(38-30)24(2)25(3)39-42(4,5)6/h13-17,19,21,24-25,27,29-30,32-34H,18,20,22H2,1-12H3,(H,35,36)/b23-19+/t24-,25-,27-,29-,30-,32-,33+,34-/m0/s1. The summed E-state index contributed by atoms with van der Waals surface area (Å²) in [5.41, 5.74) is 3.35. The lowest BCUT2D eigenvalue weighted by molar-refractivity contribution is -0.152. The molecule has 1 aromatic heterocycles. The molecule has 10 heteroatoms. The number of ether oxygens (including phenoxy) is 2. The minimum Gasteiger partial charge on any atom is -0.415 e. The minimum atomic E-state index is -1.91. The van der Waals surface area contributed by atoms with E-state index in [1.54, 1.807) is 0 Å². The second kappa shape index (κ2) is 14.2. The summed E-state index contributed by atoms with van der Waals surface area (Å²) in [5.74, 6) is 1.43. The van der Waals surface area contributed by atoms with Crippen molar-refractivity contribution in [3.63, 3.8) is 0 Å². The van der Waals surface area contributed by atoms with Crippen LogP contribution in [0.3, 0.4) is 0 Å². The molecule has 2 aliphatic heterocycles. The van der Waals surface area contributed by atoms with Gasteiger partial charge in [0.1, 0.15) is 5.82 Å². The van der Waals surface area contributed by atoms with Crippen LogP contribution in [0.2, 0.25) is 58.9 Å². The molecule has 0 radical (unpaired) electrons. The van der Waals surface area contributed by atoms with Crippen LogP contribution in [0.25, 0.3) is 17.3 Å². The first-order chi connectivity index (χ1) is 20.4. The summed E-state index contributed by atoms with van der Waals surface area (Å²) in [5, 5.41) is 0. The number of nitrogens with one attached hydrogen (secondary N) is 1. The van der Waals surface area contributed by atoms with Gasteiger partial charge in [-0.15, -0.1) is 0 Å². The molecule has 0 saturated carbocycles. The molecule has 2 aromatic rings. The molecule has 0 unspecified atom stereocenters. The Kier molecular flexibility index (Phi) is 11.4. The number of H-pyrrole nitrogens is 1. The summed E-state index contributed by atoms with van der Waals surface area (Å²) in [6.07, 6.45) is 6.11. The topological polar surface area (TPSA) is 78.1 Å². The highest BCUT2D eigenvalue weighted by atomic mass is 28.4. The van der Waals surface area contributed by atoms with Gasteiger partial charge in [-0.3, -0.25) is 0 Å². The lowest BCUT2D eigenvalue weighted by Crippen LogP contribution is -2.58. The number of rotatable bonds is 14. The van der Waals surface area contributed by atoms with Crippen molar-refractivity contribution in [3.8, 4) is 11.3 Å². The van der Waals surface area contributed by atoms with Gasteiger partial charge < -0.3 is 27.7 Å². The fourth-order valence-corrected chi connectivity index (χ4v) is 9.82. The van der Waals surface area contributed by atoms with Gasteiger partial charge >= 0.3 is 0 Å². The van der Waals surface area contributed by atoms with E-state index in [0.717, 1.165) is 29.9 Å². The molecule has 1 N–H and O–H groups in total. The summed E-state index contributed by atoms with van der Waals surface area (Å²) in [7, 11) is -5.41. The fourth-order valence-electron chi connectivity index (χ4n) is 6.24. The van der Waals surface area contributed by atoms with Crippen LogP contribution in [0.5, 0.6) is 0 Å². The molecule has 44 heavy (non-hydrogen) atoms. The molecular formula is C34H58N2O5Si3. The lowest BCUT2D eigenvalue weighted by Gasteiger charge is -2.47. The Hall–Kier alpha value is -1.38. The van der Waals surface area contributed by atoms with Crippen LogP contribution in [-0.2, 0) is 22.8 Å². The summed E-state index contributed by atoms with van der Waals surface area (Å²) < 4.78 is 33.4. The number of aromatic amines is 1. The van der Waals surface area contributed by atoms with Gasteiger partial charge in [-0.05, 0) is 97.3 Å². The van der Waals surface area contributed by atoms with Gasteiger partial charge in [-0.2, -0.15) is 0 Å². The summed E-state index contributed by atoms with van der Waals surface area (Å²) >= 11 is 0. The van der Waals surface area contributed by atoms with Crippen molar-refractivity contribution >= 4 is 31.0 Å². The van der Waals surface area contributed by atoms with Crippen LogP contribution < -0.4 is 0 Å². The zero-order valence-corrected chi connectivity index (χ0v) is 32.3. The Balaban J connectivity index is 1.49. The van der Waals surface area contributed by atoms with E-state index in [4.69, 9.17) is 22.8 Å². The van der Waals surface area contributed by atoms with Gasteiger partial charge in [0.2, 0.25) is 0 Å². The average molecular weight is 659 g/mol. The van der Waals surface area contributed by atoms with Crippen molar-refractivity contribution in [3.05, 3.63) is 47.9 Å². The maximum Gasteiger partial charge on any atom is 0.184 e. The normalized spacial score (nSPS) is 28.1. The summed E-state index contributed by atoms with van der Waals surface area (Å²) in [6, 6.07) is 10.3. The number of nitrogens with zero attached hydrogens (tertiary/aromatic N) is 1. The Labute approximate surface area is 269 Å². The van der Waals surface area contributed by atoms with Crippen LogP contribution in [0.1, 0.15) is 39.4 Å². The first kappa shape index (κ1) is 35.5. The average Bonchev–Trinajstić information content (AvgIpc) is 3.50. The SMILES string of the molecule is C/C(=C\c1ncc(-c2ccccc2)[nH]1)C[C@@H]1OC[C@H](C[C@@H]2O[C@H]2[C@@H](C)[C@H](C)O[Si](C)(C)C)[C@@H](O[Si](C)(C)C)[C@H]1O[Si](C)(C)C. The van der Waals surface area contributed by atoms with Crippen molar-refractivity contribution < 1.29 is 22.8 Å².